The highest BCUT2D eigenvalue weighted by Gasteiger charge is 1.98. The molecule has 0 atom stereocenters. The summed E-state index contributed by atoms with van der Waals surface area (Å²) < 4.78 is 2.88. The zero-order valence-corrected chi connectivity index (χ0v) is 11.6. The van der Waals surface area contributed by atoms with E-state index in [-0.39, 0.29) is 24.8 Å². The lowest BCUT2D eigenvalue weighted by atomic mass is 10.3. The Bertz CT molecular complexity index is 428. The fourth-order valence-corrected chi connectivity index (χ4v) is 1.47. The van der Waals surface area contributed by atoms with Gasteiger partial charge in [-0.25, -0.2) is 4.68 Å². The number of nitrogens with two attached hydrogens (primary N) is 1. The van der Waals surface area contributed by atoms with E-state index in [9.17, 15) is 0 Å². The molecular weight excluding hydrogens is 313 g/mol. The quantitative estimate of drug-likeness (QED) is 0.923. The molecule has 16 heavy (non-hydrogen) atoms. The highest BCUT2D eigenvalue weighted by atomic mass is 79.9. The molecule has 0 amide bonds. The fraction of sp³-hybridized carbons (Fsp3) is 0.100. The molecule has 3 nitrogen and oxygen atoms in total. The van der Waals surface area contributed by atoms with Crippen molar-refractivity contribution in [2.75, 3.05) is 0 Å². The van der Waals surface area contributed by atoms with Crippen LogP contribution in [0.3, 0.4) is 0 Å². The molecule has 6 heteroatoms. The molecule has 1 aromatic carbocycles. The standard InChI is InChI=1S/C10H10BrN3.2ClH/c11-8-1-3-10(4-2-8)14-6-5-9(7-12)13-14;;/h1-6H,7,12H2;2*1H. The highest BCUT2D eigenvalue weighted by molar-refractivity contribution is 9.10. The molecular formula is C10H12BrCl2N3. The lowest BCUT2D eigenvalue weighted by Gasteiger charge is -2.00. The van der Waals surface area contributed by atoms with Crippen LogP contribution in [0, 0.1) is 0 Å². The second-order valence-electron chi connectivity index (χ2n) is 2.93. The monoisotopic (exact) mass is 323 g/mol. The number of hydrogen-bond donors (Lipinski definition) is 1. The van der Waals surface area contributed by atoms with Gasteiger partial charge in [-0.1, -0.05) is 15.9 Å². The normalized spacial score (nSPS) is 9.12. The molecule has 0 aliphatic carbocycles. The summed E-state index contributed by atoms with van der Waals surface area (Å²) in [5.74, 6) is 0. The predicted octanol–water partition coefficient (Wildman–Crippen LogP) is 2.94. The third-order valence-corrected chi connectivity index (χ3v) is 2.47. The van der Waals surface area contributed by atoms with Crippen LogP contribution in [-0.2, 0) is 6.54 Å². The molecule has 0 unspecified atom stereocenters. The minimum absolute atomic E-state index is 0. The number of aromatic nitrogens is 2. The number of halogens is 3. The maximum atomic E-state index is 5.48. The summed E-state index contributed by atoms with van der Waals surface area (Å²) in [6.07, 6.45) is 1.91. The number of hydrogen-bond acceptors (Lipinski definition) is 2. The van der Waals surface area contributed by atoms with Crippen molar-refractivity contribution in [3.05, 3.63) is 46.7 Å². The molecule has 88 valence electrons. The molecule has 0 saturated carbocycles. The maximum Gasteiger partial charge on any atom is 0.0764 e. The Morgan fingerprint density at radius 1 is 1.12 bits per heavy atom. The van der Waals surface area contributed by atoms with Crippen LogP contribution in [0.1, 0.15) is 5.69 Å². The van der Waals surface area contributed by atoms with Gasteiger partial charge in [-0.15, -0.1) is 24.8 Å². The topological polar surface area (TPSA) is 43.8 Å². The summed E-state index contributed by atoms with van der Waals surface area (Å²) in [5, 5.41) is 4.31. The third-order valence-electron chi connectivity index (χ3n) is 1.94. The van der Waals surface area contributed by atoms with Gasteiger partial charge in [0.1, 0.15) is 0 Å². The van der Waals surface area contributed by atoms with Gasteiger partial charge in [0.05, 0.1) is 11.4 Å². The summed E-state index contributed by atoms with van der Waals surface area (Å²) in [6, 6.07) is 9.88. The zero-order chi connectivity index (χ0) is 9.97. The molecule has 0 spiro atoms. The Kier molecular flexibility index (Phi) is 6.67. The van der Waals surface area contributed by atoms with Crippen molar-refractivity contribution >= 4 is 40.7 Å². The molecule has 1 heterocycles. The molecule has 0 fully saturated rings. The molecule has 0 aliphatic heterocycles. The average molecular weight is 325 g/mol. The average Bonchev–Trinajstić information content (AvgIpc) is 2.67. The lowest BCUT2D eigenvalue weighted by molar-refractivity contribution is 0.833. The van der Waals surface area contributed by atoms with Crippen molar-refractivity contribution in [2.24, 2.45) is 5.73 Å². The van der Waals surface area contributed by atoms with Gasteiger partial charge in [0.2, 0.25) is 0 Å². The predicted molar refractivity (Wildman–Crippen MR) is 73.7 cm³/mol. The van der Waals surface area contributed by atoms with Gasteiger partial charge in [0.25, 0.3) is 0 Å². The van der Waals surface area contributed by atoms with E-state index in [1.165, 1.54) is 0 Å². The van der Waals surface area contributed by atoms with Crippen LogP contribution < -0.4 is 5.73 Å². The van der Waals surface area contributed by atoms with E-state index in [2.05, 4.69) is 21.0 Å². The van der Waals surface area contributed by atoms with Crippen molar-refractivity contribution in [2.45, 2.75) is 6.54 Å². The van der Waals surface area contributed by atoms with Gasteiger partial charge in [-0.05, 0) is 30.3 Å². The lowest BCUT2D eigenvalue weighted by Crippen LogP contribution is -2.00. The van der Waals surface area contributed by atoms with E-state index in [0.29, 0.717) is 6.54 Å². The molecule has 0 saturated heterocycles. The second kappa shape index (κ2) is 6.91. The molecule has 2 N–H and O–H groups in total. The first-order chi connectivity index (χ1) is 6.79. The molecule has 1 aromatic heterocycles. The molecule has 0 bridgehead atoms. The first kappa shape index (κ1) is 15.4. The maximum absolute atomic E-state index is 5.48. The van der Waals surface area contributed by atoms with Crippen LogP contribution in [0.4, 0.5) is 0 Å². The fourth-order valence-electron chi connectivity index (χ4n) is 1.21. The number of benzene rings is 1. The van der Waals surface area contributed by atoms with E-state index in [0.717, 1.165) is 15.9 Å². The van der Waals surface area contributed by atoms with Crippen LogP contribution in [0.15, 0.2) is 41.0 Å². The van der Waals surface area contributed by atoms with Gasteiger partial charge in [-0.2, -0.15) is 5.10 Å². The van der Waals surface area contributed by atoms with E-state index in [1.807, 2.05) is 41.2 Å². The van der Waals surface area contributed by atoms with Gasteiger partial charge in [-0.3, -0.25) is 0 Å². The number of rotatable bonds is 2. The molecule has 0 aliphatic rings. The highest BCUT2D eigenvalue weighted by Crippen LogP contribution is 2.13. The van der Waals surface area contributed by atoms with Crippen molar-refractivity contribution in [1.82, 2.24) is 9.78 Å². The summed E-state index contributed by atoms with van der Waals surface area (Å²) in [5.41, 5.74) is 7.41. The largest absolute Gasteiger partial charge is 0.325 e. The SMILES string of the molecule is Cl.Cl.NCc1ccn(-c2ccc(Br)cc2)n1. The van der Waals surface area contributed by atoms with Crippen LogP contribution in [0.5, 0.6) is 0 Å². The first-order valence-corrected chi connectivity index (χ1v) is 5.09. The Labute approximate surface area is 115 Å². The minimum Gasteiger partial charge on any atom is -0.325 e. The first-order valence-electron chi connectivity index (χ1n) is 4.30. The Balaban J connectivity index is 0.00000112. The van der Waals surface area contributed by atoms with Crippen LogP contribution >= 0.6 is 40.7 Å². The van der Waals surface area contributed by atoms with Gasteiger partial charge in [0, 0.05) is 17.2 Å². The van der Waals surface area contributed by atoms with Crippen molar-refractivity contribution in [1.29, 1.82) is 0 Å². The Morgan fingerprint density at radius 2 is 1.75 bits per heavy atom. The van der Waals surface area contributed by atoms with E-state index in [1.54, 1.807) is 0 Å². The zero-order valence-electron chi connectivity index (χ0n) is 8.34. The van der Waals surface area contributed by atoms with E-state index >= 15 is 0 Å². The van der Waals surface area contributed by atoms with Crippen molar-refractivity contribution < 1.29 is 0 Å². The van der Waals surface area contributed by atoms with Crippen LogP contribution in [0.25, 0.3) is 5.69 Å². The summed E-state index contributed by atoms with van der Waals surface area (Å²) in [6.45, 7) is 0.476. The van der Waals surface area contributed by atoms with Gasteiger partial charge >= 0.3 is 0 Å². The van der Waals surface area contributed by atoms with Crippen molar-refractivity contribution in [3.8, 4) is 5.69 Å². The summed E-state index contributed by atoms with van der Waals surface area (Å²) in [7, 11) is 0. The van der Waals surface area contributed by atoms with Gasteiger partial charge in [0.15, 0.2) is 0 Å². The van der Waals surface area contributed by atoms with Crippen LogP contribution in [0.2, 0.25) is 0 Å². The summed E-state index contributed by atoms with van der Waals surface area (Å²) >= 11 is 3.39. The molecule has 2 rings (SSSR count). The Morgan fingerprint density at radius 3 is 2.25 bits per heavy atom. The number of nitrogens with zero attached hydrogens (tertiary/aromatic N) is 2. The van der Waals surface area contributed by atoms with E-state index in [4.69, 9.17) is 5.73 Å². The second-order valence-corrected chi connectivity index (χ2v) is 3.85. The van der Waals surface area contributed by atoms with E-state index < -0.39 is 0 Å². The van der Waals surface area contributed by atoms with Gasteiger partial charge < -0.3 is 5.73 Å². The molecule has 2 aromatic rings. The Hall–Kier alpha value is -0.550. The van der Waals surface area contributed by atoms with Crippen LogP contribution in [-0.4, -0.2) is 9.78 Å². The smallest absolute Gasteiger partial charge is 0.0764 e. The minimum atomic E-state index is 0. The van der Waals surface area contributed by atoms with Crippen molar-refractivity contribution in [3.63, 3.8) is 0 Å². The molecule has 0 radical (unpaired) electrons. The third kappa shape index (κ3) is 3.49. The summed E-state index contributed by atoms with van der Waals surface area (Å²) in [4.78, 5) is 0.